The fourth-order valence-corrected chi connectivity index (χ4v) is 2.56. The van der Waals surface area contributed by atoms with Crippen molar-refractivity contribution in [1.82, 2.24) is 15.2 Å². The molecular formula is C11H13ClN4S. The number of hydrogen-bond acceptors (Lipinski definition) is 4. The number of benzene rings is 1. The summed E-state index contributed by atoms with van der Waals surface area (Å²) in [6.45, 7) is 2.38. The molecule has 0 bridgehead atoms. The van der Waals surface area contributed by atoms with Gasteiger partial charge in [0.25, 0.3) is 0 Å². The zero-order chi connectivity index (χ0) is 12.3. The summed E-state index contributed by atoms with van der Waals surface area (Å²) < 4.78 is 0. The number of aromatic nitrogens is 3. The van der Waals surface area contributed by atoms with Crippen molar-refractivity contribution in [2.75, 3.05) is 0 Å². The van der Waals surface area contributed by atoms with E-state index in [2.05, 4.69) is 15.2 Å². The van der Waals surface area contributed by atoms with Crippen LogP contribution in [0.25, 0.3) is 0 Å². The minimum Gasteiger partial charge on any atom is -0.326 e. The molecule has 2 aromatic rings. The van der Waals surface area contributed by atoms with Gasteiger partial charge in [0.2, 0.25) is 5.16 Å². The van der Waals surface area contributed by atoms with E-state index in [1.165, 1.54) is 0 Å². The predicted octanol–water partition coefficient (Wildman–Crippen LogP) is 2.52. The van der Waals surface area contributed by atoms with Gasteiger partial charge in [-0.25, -0.2) is 4.98 Å². The summed E-state index contributed by atoms with van der Waals surface area (Å²) in [6, 6.07) is 5.89. The van der Waals surface area contributed by atoms with Crippen LogP contribution in [0.5, 0.6) is 0 Å². The molecule has 0 atom stereocenters. The summed E-state index contributed by atoms with van der Waals surface area (Å²) in [7, 11) is 0. The molecule has 0 aliphatic rings. The Balaban J connectivity index is 2.04. The molecule has 4 nitrogen and oxygen atoms in total. The average Bonchev–Trinajstić information content (AvgIpc) is 2.73. The average molecular weight is 269 g/mol. The molecule has 1 heterocycles. The monoisotopic (exact) mass is 268 g/mol. The van der Waals surface area contributed by atoms with Crippen LogP contribution in [0.15, 0.2) is 23.4 Å². The number of halogens is 1. The van der Waals surface area contributed by atoms with Crippen LogP contribution >= 0.6 is 23.4 Å². The van der Waals surface area contributed by atoms with E-state index in [1.54, 1.807) is 11.8 Å². The second-order valence-electron chi connectivity index (χ2n) is 3.62. The van der Waals surface area contributed by atoms with Crippen LogP contribution < -0.4 is 5.73 Å². The highest BCUT2D eigenvalue weighted by atomic mass is 35.5. The molecular weight excluding hydrogens is 256 g/mol. The van der Waals surface area contributed by atoms with Gasteiger partial charge in [0.05, 0.1) is 0 Å². The van der Waals surface area contributed by atoms with Crippen molar-refractivity contribution >= 4 is 23.4 Å². The predicted molar refractivity (Wildman–Crippen MR) is 70.0 cm³/mol. The highest BCUT2D eigenvalue weighted by molar-refractivity contribution is 7.98. The minimum atomic E-state index is 0.507. The molecule has 3 N–H and O–H groups in total. The van der Waals surface area contributed by atoms with E-state index in [4.69, 9.17) is 17.3 Å². The fourth-order valence-electron chi connectivity index (χ4n) is 1.36. The molecule has 6 heteroatoms. The Morgan fingerprint density at radius 2 is 2.29 bits per heavy atom. The molecule has 0 spiro atoms. The lowest BCUT2D eigenvalue weighted by molar-refractivity contribution is 0.969. The van der Waals surface area contributed by atoms with E-state index in [0.29, 0.717) is 6.54 Å². The van der Waals surface area contributed by atoms with Gasteiger partial charge in [0, 0.05) is 17.3 Å². The minimum absolute atomic E-state index is 0.507. The number of thioether (sulfide) groups is 1. The van der Waals surface area contributed by atoms with Crippen LogP contribution in [-0.2, 0) is 12.3 Å². The van der Waals surface area contributed by atoms with E-state index >= 15 is 0 Å². The van der Waals surface area contributed by atoms with Gasteiger partial charge >= 0.3 is 0 Å². The zero-order valence-electron chi connectivity index (χ0n) is 9.40. The quantitative estimate of drug-likeness (QED) is 0.836. The number of aryl methyl sites for hydroxylation is 1. The van der Waals surface area contributed by atoms with Gasteiger partial charge in [-0.05, 0) is 24.1 Å². The maximum atomic E-state index is 6.16. The third-order valence-corrected chi connectivity index (χ3v) is 3.53. The van der Waals surface area contributed by atoms with Crippen molar-refractivity contribution < 1.29 is 0 Å². The van der Waals surface area contributed by atoms with Crippen molar-refractivity contribution in [3.8, 4) is 0 Å². The van der Waals surface area contributed by atoms with Crippen LogP contribution in [0.1, 0.15) is 17.0 Å². The van der Waals surface area contributed by atoms with Crippen LogP contribution in [0.3, 0.4) is 0 Å². The Kier molecular flexibility index (Phi) is 4.04. The van der Waals surface area contributed by atoms with Crippen molar-refractivity contribution in [2.24, 2.45) is 5.73 Å². The number of nitrogens with two attached hydrogens (primary N) is 1. The topological polar surface area (TPSA) is 67.6 Å². The summed E-state index contributed by atoms with van der Waals surface area (Å²) in [5.41, 5.74) is 7.65. The van der Waals surface area contributed by atoms with Crippen molar-refractivity contribution in [3.05, 3.63) is 40.2 Å². The summed E-state index contributed by atoms with van der Waals surface area (Å²) in [4.78, 5) is 4.22. The normalized spacial score (nSPS) is 10.8. The molecule has 0 unspecified atom stereocenters. The molecule has 90 valence electrons. The Hall–Kier alpha value is -1.04. The molecule has 0 aliphatic carbocycles. The first-order valence-corrected chi connectivity index (χ1v) is 6.54. The van der Waals surface area contributed by atoms with Gasteiger partial charge in [0.1, 0.15) is 5.82 Å². The Morgan fingerprint density at radius 3 is 2.88 bits per heavy atom. The lowest BCUT2D eigenvalue weighted by atomic mass is 10.1. The largest absolute Gasteiger partial charge is 0.326 e. The van der Waals surface area contributed by atoms with E-state index in [9.17, 15) is 0 Å². The molecule has 2 rings (SSSR count). The van der Waals surface area contributed by atoms with Crippen LogP contribution in [0, 0.1) is 6.92 Å². The molecule has 1 aromatic heterocycles. The highest BCUT2D eigenvalue weighted by Crippen LogP contribution is 2.25. The smallest absolute Gasteiger partial charge is 0.208 e. The molecule has 0 fully saturated rings. The second-order valence-corrected chi connectivity index (χ2v) is 4.97. The Labute approximate surface area is 109 Å². The van der Waals surface area contributed by atoms with Crippen molar-refractivity contribution in [2.45, 2.75) is 24.4 Å². The van der Waals surface area contributed by atoms with E-state index < -0.39 is 0 Å². The first kappa shape index (κ1) is 12.4. The highest BCUT2D eigenvalue weighted by Gasteiger charge is 2.05. The Bertz CT molecular complexity index is 512. The third kappa shape index (κ3) is 3.21. The zero-order valence-corrected chi connectivity index (χ0v) is 11.0. The van der Waals surface area contributed by atoms with Crippen LogP contribution in [-0.4, -0.2) is 15.2 Å². The molecule has 0 amide bonds. The standard InChI is InChI=1S/C11H13ClN4S/c1-7-14-11(16-15-7)17-6-9-3-2-8(5-13)4-10(9)12/h2-4H,5-6,13H2,1H3,(H,14,15,16). The summed E-state index contributed by atoms with van der Waals surface area (Å²) >= 11 is 7.71. The van der Waals surface area contributed by atoms with Gasteiger partial charge in [0.15, 0.2) is 0 Å². The van der Waals surface area contributed by atoms with Crippen molar-refractivity contribution in [3.63, 3.8) is 0 Å². The summed E-state index contributed by atoms with van der Waals surface area (Å²) in [5.74, 6) is 1.57. The number of aromatic amines is 1. The van der Waals surface area contributed by atoms with Gasteiger partial charge < -0.3 is 5.73 Å². The van der Waals surface area contributed by atoms with E-state index in [-0.39, 0.29) is 0 Å². The number of nitrogens with one attached hydrogen (secondary N) is 1. The van der Waals surface area contributed by atoms with Gasteiger partial charge in [-0.3, -0.25) is 5.10 Å². The number of rotatable bonds is 4. The Morgan fingerprint density at radius 1 is 1.47 bits per heavy atom. The first-order chi connectivity index (χ1) is 8.19. The molecule has 0 radical (unpaired) electrons. The van der Waals surface area contributed by atoms with Crippen LogP contribution in [0.2, 0.25) is 5.02 Å². The summed E-state index contributed by atoms with van der Waals surface area (Å²) in [6.07, 6.45) is 0. The SMILES string of the molecule is Cc1nc(SCc2ccc(CN)cc2Cl)n[nH]1. The third-order valence-electron chi connectivity index (χ3n) is 2.29. The lowest BCUT2D eigenvalue weighted by Crippen LogP contribution is -1.96. The molecule has 0 saturated heterocycles. The van der Waals surface area contributed by atoms with Gasteiger partial charge in [-0.2, -0.15) is 0 Å². The molecule has 0 aliphatic heterocycles. The van der Waals surface area contributed by atoms with E-state index in [1.807, 2.05) is 25.1 Å². The fraction of sp³-hybridized carbons (Fsp3) is 0.273. The van der Waals surface area contributed by atoms with Gasteiger partial charge in [-0.15, -0.1) is 5.10 Å². The number of nitrogens with zero attached hydrogens (tertiary/aromatic N) is 2. The number of hydrogen-bond donors (Lipinski definition) is 2. The maximum Gasteiger partial charge on any atom is 0.208 e. The number of H-pyrrole nitrogens is 1. The van der Waals surface area contributed by atoms with Crippen LogP contribution in [0.4, 0.5) is 0 Å². The maximum absolute atomic E-state index is 6.16. The summed E-state index contributed by atoms with van der Waals surface area (Å²) in [5, 5.41) is 8.35. The second kappa shape index (κ2) is 5.53. The van der Waals surface area contributed by atoms with Crippen molar-refractivity contribution in [1.29, 1.82) is 0 Å². The van der Waals surface area contributed by atoms with E-state index in [0.717, 1.165) is 32.9 Å². The first-order valence-electron chi connectivity index (χ1n) is 5.18. The van der Waals surface area contributed by atoms with Gasteiger partial charge in [-0.1, -0.05) is 35.5 Å². The lowest BCUT2D eigenvalue weighted by Gasteiger charge is -2.04. The molecule has 17 heavy (non-hydrogen) atoms. The molecule has 1 aromatic carbocycles. The molecule has 0 saturated carbocycles.